The van der Waals surface area contributed by atoms with Gasteiger partial charge in [0.15, 0.2) is 11.5 Å². The summed E-state index contributed by atoms with van der Waals surface area (Å²) in [4.78, 5) is 25.9. The molecule has 124 valence electrons. The Hall–Kier alpha value is -2.50. The highest BCUT2D eigenvalue weighted by molar-refractivity contribution is 6.40. The molecular formula is C17H21NO5. The van der Waals surface area contributed by atoms with Gasteiger partial charge in [0.25, 0.3) is 5.91 Å². The fourth-order valence-electron chi connectivity index (χ4n) is 2.70. The smallest absolute Gasteiger partial charge is 0.269 e. The Bertz CT molecular complexity index is 678. The van der Waals surface area contributed by atoms with E-state index < -0.39 is 0 Å². The summed E-state index contributed by atoms with van der Waals surface area (Å²) in [6.45, 7) is 5.56. The van der Waals surface area contributed by atoms with E-state index in [9.17, 15) is 9.59 Å². The second kappa shape index (κ2) is 6.73. The Balaban J connectivity index is 2.77. The summed E-state index contributed by atoms with van der Waals surface area (Å²) in [5, 5.41) is 0. The van der Waals surface area contributed by atoms with Crippen molar-refractivity contribution in [1.82, 2.24) is 0 Å². The highest BCUT2D eigenvalue weighted by Crippen LogP contribution is 2.45. The van der Waals surface area contributed by atoms with Gasteiger partial charge in [0, 0.05) is 25.0 Å². The van der Waals surface area contributed by atoms with Crippen LogP contribution >= 0.6 is 0 Å². The molecule has 0 radical (unpaired) electrons. The van der Waals surface area contributed by atoms with Crippen molar-refractivity contribution in [2.45, 2.75) is 27.2 Å². The quantitative estimate of drug-likeness (QED) is 0.617. The Labute approximate surface area is 135 Å². The SMILES string of the molecule is CCOC(CC)=C1C(=O)N(C(C)=O)c2cc(OC)c(OC)cc21. The van der Waals surface area contributed by atoms with Gasteiger partial charge < -0.3 is 14.2 Å². The van der Waals surface area contributed by atoms with Gasteiger partial charge in [-0.2, -0.15) is 0 Å². The molecule has 0 bridgehead atoms. The maximum atomic E-state index is 12.8. The van der Waals surface area contributed by atoms with Crippen LogP contribution in [0.3, 0.4) is 0 Å². The molecule has 0 saturated carbocycles. The lowest BCUT2D eigenvalue weighted by molar-refractivity contribution is -0.122. The van der Waals surface area contributed by atoms with E-state index in [0.717, 1.165) is 4.90 Å². The summed E-state index contributed by atoms with van der Waals surface area (Å²) in [6.07, 6.45) is 0.550. The van der Waals surface area contributed by atoms with Crippen LogP contribution in [0.2, 0.25) is 0 Å². The molecule has 0 spiro atoms. The summed E-state index contributed by atoms with van der Waals surface area (Å²) >= 11 is 0. The Morgan fingerprint density at radius 3 is 2.22 bits per heavy atom. The van der Waals surface area contributed by atoms with Gasteiger partial charge in [-0.05, 0) is 13.0 Å². The lowest BCUT2D eigenvalue weighted by Crippen LogP contribution is -2.31. The van der Waals surface area contributed by atoms with Crippen LogP contribution in [0.4, 0.5) is 5.69 Å². The number of hydrogen-bond donors (Lipinski definition) is 0. The number of ether oxygens (including phenoxy) is 3. The van der Waals surface area contributed by atoms with E-state index in [1.54, 1.807) is 12.1 Å². The van der Waals surface area contributed by atoms with E-state index in [-0.39, 0.29) is 11.8 Å². The predicted molar refractivity (Wildman–Crippen MR) is 86.6 cm³/mol. The number of benzene rings is 1. The van der Waals surface area contributed by atoms with E-state index >= 15 is 0 Å². The number of anilines is 1. The Morgan fingerprint density at radius 2 is 1.74 bits per heavy atom. The highest BCUT2D eigenvalue weighted by Gasteiger charge is 2.38. The molecule has 0 aliphatic carbocycles. The molecule has 1 aromatic carbocycles. The van der Waals surface area contributed by atoms with Gasteiger partial charge in [-0.3, -0.25) is 9.59 Å². The van der Waals surface area contributed by atoms with Crippen molar-refractivity contribution in [3.8, 4) is 11.5 Å². The molecule has 1 aliphatic heterocycles. The van der Waals surface area contributed by atoms with Crippen molar-refractivity contribution in [1.29, 1.82) is 0 Å². The van der Waals surface area contributed by atoms with Crippen LogP contribution in [-0.4, -0.2) is 32.6 Å². The average molecular weight is 319 g/mol. The molecule has 0 aromatic heterocycles. The predicted octanol–water partition coefficient (Wildman–Crippen LogP) is 2.75. The fraction of sp³-hybridized carbons (Fsp3) is 0.412. The van der Waals surface area contributed by atoms with E-state index in [1.165, 1.54) is 21.1 Å². The molecule has 2 rings (SSSR count). The molecule has 1 aromatic rings. The molecule has 1 aliphatic rings. The number of imide groups is 1. The van der Waals surface area contributed by atoms with E-state index in [1.807, 2.05) is 13.8 Å². The normalized spacial score (nSPS) is 15.3. The van der Waals surface area contributed by atoms with Gasteiger partial charge in [0.2, 0.25) is 5.91 Å². The van der Waals surface area contributed by atoms with Gasteiger partial charge >= 0.3 is 0 Å². The number of carbonyl (C=O) groups is 2. The number of rotatable bonds is 5. The molecular weight excluding hydrogens is 298 g/mol. The first kappa shape index (κ1) is 16.9. The molecule has 0 unspecified atom stereocenters. The third-order valence-electron chi connectivity index (χ3n) is 3.66. The first-order chi connectivity index (χ1) is 11.0. The van der Waals surface area contributed by atoms with Crippen LogP contribution in [-0.2, 0) is 14.3 Å². The van der Waals surface area contributed by atoms with Crippen molar-refractivity contribution in [2.75, 3.05) is 25.7 Å². The summed E-state index contributed by atoms with van der Waals surface area (Å²) in [6, 6.07) is 3.35. The lowest BCUT2D eigenvalue weighted by atomic mass is 10.0. The Morgan fingerprint density at radius 1 is 1.13 bits per heavy atom. The number of nitrogens with zero attached hydrogens (tertiary/aromatic N) is 1. The van der Waals surface area contributed by atoms with E-state index in [2.05, 4.69) is 0 Å². The lowest BCUT2D eigenvalue weighted by Gasteiger charge is -2.14. The van der Waals surface area contributed by atoms with Crippen LogP contribution in [0.1, 0.15) is 32.8 Å². The zero-order chi connectivity index (χ0) is 17.1. The number of carbonyl (C=O) groups excluding carboxylic acids is 2. The standard InChI is InChI=1S/C17H21NO5/c1-6-13(23-7-2)16-11-8-14(21-4)15(22-5)9-12(11)18(10(3)19)17(16)20/h8-9H,6-7H2,1-5H3. The average Bonchev–Trinajstić information content (AvgIpc) is 2.82. The minimum absolute atomic E-state index is 0.356. The molecule has 0 saturated heterocycles. The molecule has 0 atom stereocenters. The summed E-state index contributed by atoms with van der Waals surface area (Å²) < 4.78 is 16.2. The topological polar surface area (TPSA) is 65.1 Å². The molecule has 6 heteroatoms. The largest absolute Gasteiger partial charge is 0.497 e. The second-order valence-electron chi connectivity index (χ2n) is 4.97. The second-order valence-corrected chi connectivity index (χ2v) is 4.97. The van der Waals surface area contributed by atoms with Gasteiger partial charge in [0.1, 0.15) is 5.76 Å². The van der Waals surface area contributed by atoms with Crippen LogP contribution in [0.25, 0.3) is 5.57 Å². The molecule has 0 N–H and O–H groups in total. The maximum absolute atomic E-state index is 12.8. The number of amides is 2. The van der Waals surface area contributed by atoms with Crippen molar-refractivity contribution in [3.63, 3.8) is 0 Å². The van der Waals surface area contributed by atoms with Gasteiger partial charge in [-0.15, -0.1) is 0 Å². The molecule has 0 fully saturated rings. The minimum Gasteiger partial charge on any atom is -0.497 e. The molecule has 1 heterocycles. The number of allylic oxidation sites excluding steroid dienone is 1. The summed E-state index contributed by atoms with van der Waals surface area (Å²) in [5.74, 6) is 0.781. The molecule has 6 nitrogen and oxygen atoms in total. The van der Waals surface area contributed by atoms with Crippen molar-refractivity contribution in [2.24, 2.45) is 0 Å². The van der Waals surface area contributed by atoms with Gasteiger partial charge in [0.05, 0.1) is 32.1 Å². The van der Waals surface area contributed by atoms with Crippen molar-refractivity contribution >= 4 is 23.1 Å². The molecule has 2 amide bonds. The monoisotopic (exact) mass is 319 g/mol. The first-order valence-corrected chi connectivity index (χ1v) is 7.47. The van der Waals surface area contributed by atoms with Crippen molar-refractivity contribution < 1.29 is 23.8 Å². The first-order valence-electron chi connectivity index (χ1n) is 7.47. The number of fused-ring (bicyclic) bond motifs is 1. The third kappa shape index (κ3) is 2.76. The molecule has 23 heavy (non-hydrogen) atoms. The van der Waals surface area contributed by atoms with Gasteiger partial charge in [-0.1, -0.05) is 6.92 Å². The van der Waals surface area contributed by atoms with Crippen molar-refractivity contribution in [3.05, 3.63) is 23.5 Å². The van der Waals surface area contributed by atoms with Crippen LogP contribution in [0.5, 0.6) is 11.5 Å². The van der Waals surface area contributed by atoms with Crippen LogP contribution in [0.15, 0.2) is 17.9 Å². The van der Waals surface area contributed by atoms with Crippen LogP contribution < -0.4 is 14.4 Å². The van der Waals surface area contributed by atoms with Gasteiger partial charge in [-0.25, -0.2) is 4.90 Å². The maximum Gasteiger partial charge on any atom is 0.269 e. The number of hydrogen-bond acceptors (Lipinski definition) is 5. The fourth-order valence-corrected chi connectivity index (χ4v) is 2.70. The zero-order valence-electron chi connectivity index (χ0n) is 14.1. The minimum atomic E-state index is -0.381. The van der Waals surface area contributed by atoms with E-state index in [4.69, 9.17) is 14.2 Å². The Kier molecular flexibility index (Phi) is 4.93. The third-order valence-corrected chi connectivity index (χ3v) is 3.66. The summed E-state index contributed by atoms with van der Waals surface area (Å²) in [5.41, 5.74) is 1.51. The van der Waals surface area contributed by atoms with Crippen LogP contribution in [0, 0.1) is 0 Å². The van der Waals surface area contributed by atoms with E-state index in [0.29, 0.717) is 47.1 Å². The number of methoxy groups -OCH3 is 2. The summed E-state index contributed by atoms with van der Waals surface area (Å²) in [7, 11) is 3.03. The highest BCUT2D eigenvalue weighted by atomic mass is 16.5. The zero-order valence-corrected chi connectivity index (χ0v) is 14.1.